The summed E-state index contributed by atoms with van der Waals surface area (Å²) in [7, 11) is 0. The van der Waals surface area contributed by atoms with Gasteiger partial charge in [-0.2, -0.15) is 0 Å². The molecule has 0 aliphatic heterocycles. The van der Waals surface area contributed by atoms with Crippen LogP contribution in [0.4, 0.5) is 4.79 Å². The van der Waals surface area contributed by atoms with Crippen molar-refractivity contribution in [1.29, 1.82) is 0 Å². The van der Waals surface area contributed by atoms with Gasteiger partial charge >= 0.3 is 6.03 Å². The smallest absolute Gasteiger partial charge is 0.312 e. The molecule has 0 spiro atoms. The Kier molecular flexibility index (Phi) is 4.39. The van der Waals surface area contributed by atoms with Crippen LogP contribution in [0, 0.1) is 40.4 Å². The number of ketones is 1. The molecule has 26 heavy (non-hydrogen) atoms. The van der Waals surface area contributed by atoms with Crippen molar-refractivity contribution in [3.8, 4) is 0 Å². The summed E-state index contributed by atoms with van der Waals surface area (Å²) in [5, 5.41) is 2.97. The molecule has 4 rings (SSSR count). The van der Waals surface area contributed by atoms with E-state index in [2.05, 4.69) is 19.2 Å². The lowest BCUT2D eigenvalue weighted by Gasteiger charge is -2.61. The van der Waals surface area contributed by atoms with Crippen LogP contribution >= 0.6 is 0 Å². The van der Waals surface area contributed by atoms with E-state index in [1.54, 1.807) is 0 Å². The maximum atomic E-state index is 12.2. The van der Waals surface area contributed by atoms with E-state index in [1.165, 1.54) is 38.5 Å². The fourth-order valence-electron chi connectivity index (χ4n) is 8.26. The van der Waals surface area contributed by atoms with Gasteiger partial charge in [-0.1, -0.05) is 13.8 Å². The first-order chi connectivity index (χ1) is 12.3. The molecule has 0 radical (unpaired) electrons. The number of carbonyl (C=O) groups excluding carboxylic acids is 2. The number of rotatable bonds is 2. The monoisotopic (exact) mass is 360 g/mol. The standard InChI is InChI=1S/C22H36N2O2/c1-13(25)17-6-7-18-16-5-4-14-12-15(24-20(23)26)8-10-21(14,2)19(16)9-11-22(17,18)3/h14-19H,4-12H2,1-3H3,(H3,23,24,26)/t14-,15-,16-,17+,18-,19-,21-,22+/m0/s1. The van der Waals surface area contributed by atoms with E-state index in [-0.39, 0.29) is 17.5 Å². The molecule has 0 bridgehead atoms. The molecule has 0 aromatic carbocycles. The second kappa shape index (κ2) is 6.24. The third-order valence-corrected chi connectivity index (χ3v) is 9.50. The minimum absolute atomic E-state index is 0.251. The maximum Gasteiger partial charge on any atom is 0.312 e. The van der Waals surface area contributed by atoms with Gasteiger partial charge < -0.3 is 11.1 Å². The molecular formula is C22H36N2O2. The van der Waals surface area contributed by atoms with Crippen molar-refractivity contribution in [1.82, 2.24) is 5.32 Å². The highest BCUT2D eigenvalue weighted by Crippen LogP contribution is 2.67. The van der Waals surface area contributed by atoms with Crippen LogP contribution in [-0.2, 0) is 4.79 Å². The Morgan fingerprint density at radius 1 is 0.923 bits per heavy atom. The van der Waals surface area contributed by atoms with E-state index in [4.69, 9.17) is 5.73 Å². The summed E-state index contributed by atoms with van der Waals surface area (Å²) in [5.41, 5.74) is 6.03. The van der Waals surface area contributed by atoms with E-state index < -0.39 is 0 Å². The second-order valence-corrected chi connectivity index (χ2v) is 10.4. The fraction of sp³-hybridized carbons (Fsp3) is 0.909. The molecule has 0 heterocycles. The van der Waals surface area contributed by atoms with Crippen LogP contribution in [0.3, 0.4) is 0 Å². The van der Waals surface area contributed by atoms with Gasteiger partial charge in [0.1, 0.15) is 5.78 Å². The predicted molar refractivity (Wildman–Crippen MR) is 102 cm³/mol. The van der Waals surface area contributed by atoms with Gasteiger partial charge in [0.15, 0.2) is 0 Å². The van der Waals surface area contributed by atoms with E-state index in [1.807, 2.05) is 6.92 Å². The molecule has 0 unspecified atom stereocenters. The quantitative estimate of drug-likeness (QED) is 0.772. The van der Waals surface area contributed by atoms with Crippen LogP contribution in [0.2, 0.25) is 0 Å². The Labute approximate surface area is 158 Å². The summed E-state index contributed by atoms with van der Waals surface area (Å²) in [4.78, 5) is 23.5. The second-order valence-electron chi connectivity index (χ2n) is 10.4. The summed E-state index contributed by atoms with van der Waals surface area (Å²) in [5.74, 6) is 3.79. The van der Waals surface area contributed by atoms with Gasteiger partial charge in [-0.05, 0) is 99.2 Å². The zero-order valence-corrected chi connectivity index (χ0v) is 16.7. The molecule has 0 aromatic heterocycles. The number of hydrogen-bond acceptors (Lipinski definition) is 2. The summed E-state index contributed by atoms with van der Waals surface area (Å²) in [6.07, 6.45) is 10.9. The summed E-state index contributed by atoms with van der Waals surface area (Å²) >= 11 is 0. The van der Waals surface area contributed by atoms with Crippen molar-refractivity contribution in [3.05, 3.63) is 0 Å². The zero-order chi connectivity index (χ0) is 18.7. The lowest BCUT2D eigenvalue weighted by atomic mass is 9.44. The van der Waals surface area contributed by atoms with E-state index in [0.29, 0.717) is 23.0 Å². The number of primary amides is 1. The molecule has 2 amide bonds. The zero-order valence-electron chi connectivity index (χ0n) is 16.7. The highest BCUT2D eigenvalue weighted by molar-refractivity contribution is 5.79. The molecule has 4 saturated carbocycles. The molecule has 8 atom stereocenters. The number of hydrogen-bond donors (Lipinski definition) is 2. The first-order valence-corrected chi connectivity index (χ1v) is 10.8. The number of carbonyl (C=O) groups is 2. The van der Waals surface area contributed by atoms with Crippen molar-refractivity contribution in [3.63, 3.8) is 0 Å². The first-order valence-electron chi connectivity index (χ1n) is 10.8. The Hall–Kier alpha value is -1.06. The lowest BCUT2D eigenvalue weighted by molar-refractivity contribution is -0.134. The molecule has 0 saturated heterocycles. The average molecular weight is 361 g/mol. The van der Waals surface area contributed by atoms with Crippen molar-refractivity contribution >= 4 is 11.8 Å². The molecule has 4 fully saturated rings. The maximum absolute atomic E-state index is 12.2. The van der Waals surface area contributed by atoms with Gasteiger partial charge in [0.25, 0.3) is 0 Å². The molecule has 4 aliphatic rings. The van der Waals surface area contributed by atoms with Crippen molar-refractivity contribution in [2.24, 2.45) is 46.2 Å². The largest absolute Gasteiger partial charge is 0.352 e. The van der Waals surface area contributed by atoms with E-state index >= 15 is 0 Å². The Balaban J connectivity index is 1.54. The minimum Gasteiger partial charge on any atom is -0.352 e. The predicted octanol–water partition coefficient (Wildman–Crippen LogP) is 4.27. The third kappa shape index (κ3) is 2.62. The lowest BCUT2D eigenvalue weighted by Crippen LogP contribution is -2.56. The molecule has 4 heteroatoms. The molecular weight excluding hydrogens is 324 g/mol. The van der Waals surface area contributed by atoms with Crippen LogP contribution in [0.25, 0.3) is 0 Å². The Morgan fingerprint density at radius 3 is 2.31 bits per heavy atom. The number of amides is 2. The van der Waals surface area contributed by atoms with Crippen LogP contribution in [0.1, 0.15) is 78.6 Å². The van der Waals surface area contributed by atoms with Gasteiger partial charge in [-0.3, -0.25) is 4.79 Å². The Bertz CT molecular complexity index is 605. The normalized spacial score (nSPS) is 50.3. The van der Waals surface area contributed by atoms with E-state index in [9.17, 15) is 9.59 Å². The number of Topliss-reactive ketones (excluding diaryl/α,β-unsaturated/α-hetero) is 1. The fourth-order valence-corrected chi connectivity index (χ4v) is 8.26. The molecule has 0 aromatic rings. The molecule has 4 nitrogen and oxygen atoms in total. The van der Waals surface area contributed by atoms with Crippen LogP contribution < -0.4 is 11.1 Å². The minimum atomic E-state index is -0.373. The topological polar surface area (TPSA) is 72.2 Å². The van der Waals surface area contributed by atoms with Gasteiger partial charge in [0.2, 0.25) is 0 Å². The summed E-state index contributed by atoms with van der Waals surface area (Å²) < 4.78 is 0. The number of nitrogens with two attached hydrogens (primary N) is 1. The van der Waals surface area contributed by atoms with Gasteiger partial charge in [0.05, 0.1) is 0 Å². The van der Waals surface area contributed by atoms with E-state index in [0.717, 1.165) is 37.0 Å². The van der Waals surface area contributed by atoms with Crippen molar-refractivity contribution in [2.45, 2.75) is 84.6 Å². The van der Waals surface area contributed by atoms with Crippen LogP contribution in [0.15, 0.2) is 0 Å². The Morgan fingerprint density at radius 2 is 1.62 bits per heavy atom. The number of urea groups is 1. The molecule has 3 N–H and O–H groups in total. The number of fused-ring (bicyclic) bond motifs is 5. The van der Waals surface area contributed by atoms with Crippen LogP contribution in [0.5, 0.6) is 0 Å². The molecule has 4 aliphatic carbocycles. The third-order valence-electron chi connectivity index (χ3n) is 9.50. The molecule has 146 valence electrons. The highest BCUT2D eigenvalue weighted by atomic mass is 16.2. The first kappa shape index (κ1) is 18.3. The highest BCUT2D eigenvalue weighted by Gasteiger charge is 2.60. The van der Waals surface area contributed by atoms with Gasteiger partial charge in [-0.25, -0.2) is 4.79 Å². The van der Waals surface area contributed by atoms with Crippen LogP contribution in [-0.4, -0.2) is 17.9 Å². The average Bonchev–Trinajstić information content (AvgIpc) is 2.92. The van der Waals surface area contributed by atoms with Gasteiger partial charge in [0, 0.05) is 12.0 Å². The number of nitrogens with one attached hydrogen (secondary N) is 1. The summed E-state index contributed by atoms with van der Waals surface area (Å²) in [6, 6.07) is -0.105. The van der Waals surface area contributed by atoms with Crippen molar-refractivity contribution in [2.75, 3.05) is 0 Å². The van der Waals surface area contributed by atoms with Crippen molar-refractivity contribution < 1.29 is 9.59 Å². The SMILES string of the molecule is CC(=O)[C@H]1CC[C@H]2[C@@H]3CC[C@H]4C[C@@H](NC(N)=O)CC[C@]4(C)[C@H]3CC[C@]12C. The van der Waals surface area contributed by atoms with Gasteiger partial charge in [-0.15, -0.1) is 0 Å². The summed E-state index contributed by atoms with van der Waals surface area (Å²) in [6.45, 7) is 6.78.